The molecule has 0 fully saturated rings. The number of rotatable bonds is 5. The first kappa shape index (κ1) is 13.2. The van der Waals surface area contributed by atoms with Crippen molar-refractivity contribution >= 4 is 11.6 Å². The molecule has 0 aliphatic rings. The SMILES string of the molecule is CC[C@@H](CO)NC(=O)Cn1cc(N)ccc1=O. The zero-order valence-electron chi connectivity index (χ0n) is 9.72. The van der Waals surface area contributed by atoms with Gasteiger partial charge in [-0.05, 0) is 12.5 Å². The molecule has 1 amide bonds. The van der Waals surface area contributed by atoms with Crippen LogP contribution in [0, 0.1) is 0 Å². The Hall–Kier alpha value is -1.82. The van der Waals surface area contributed by atoms with Gasteiger partial charge in [-0.15, -0.1) is 0 Å². The molecule has 0 spiro atoms. The number of aliphatic hydroxyl groups is 1. The highest BCUT2D eigenvalue weighted by Gasteiger charge is 2.10. The van der Waals surface area contributed by atoms with Gasteiger partial charge in [0.2, 0.25) is 5.91 Å². The van der Waals surface area contributed by atoms with Crippen LogP contribution in [-0.2, 0) is 11.3 Å². The molecule has 4 N–H and O–H groups in total. The lowest BCUT2D eigenvalue weighted by atomic mass is 10.2. The molecule has 1 rings (SSSR count). The molecule has 0 aromatic carbocycles. The fraction of sp³-hybridized carbons (Fsp3) is 0.455. The molecule has 0 saturated carbocycles. The summed E-state index contributed by atoms with van der Waals surface area (Å²) in [6.45, 7) is 1.64. The van der Waals surface area contributed by atoms with Crippen molar-refractivity contribution in [3.05, 3.63) is 28.7 Å². The maximum Gasteiger partial charge on any atom is 0.251 e. The van der Waals surface area contributed by atoms with Crippen LogP contribution in [0.5, 0.6) is 0 Å². The van der Waals surface area contributed by atoms with Crippen LogP contribution in [-0.4, -0.2) is 28.2 Å². The standard InChI is InChI=1S/C11H17N3O3/c1-2-9(7-15)13-10(16)6-14-5-8(12)3-4-11(14)17/h3-5,9,15H,2,6-7,12H2,1H3,(H,13,16)/t9-/m0/s1. The molecular weight excluding hydrogens is 222 g/mol. The highest BCUT2D eigenvalue weighted by molar-refractivity contribution is 5.76. The Morgan fingerprint density at radius 2 is 2.29 bits per heavy atom. The topological polar surface area (TPSA) is 97.3 Å². The Morgan fingerprint density at radius 3 is 2.88 bits per heavy atom. The highest BCUT2D eigenvalue weighted by atomic mass is 16.3. The van der Waals surface area contributed by atoms with Crippen molar-refractivity contribution in [3.8, 4) is 0 Å². The molecule has 94 valence electrons. The number of anilines is 1. The quantitative estimate of drug-likeness (QED) is 0.634. The average molecular weight is 239 g/mol. The number of pyridine rings is 1. The van der Waals surface area contributed by atoms with Crippen LogP contribution in [0.25, 0.3) is 0 Å². The lowest BCUT2D eigenvalue weighted by molar-refractivity contribution is -0.122. The molecule has 0 aliphatic carbocycles. The molecular formula is C11H17N3O3. The minimum absolute atomic E-state index is 0.0969. The van der Waals surface area contributed by atoms with E-state index in [0.717, 1.165) is 0 Å². The number of amides is 1. The van der Waals surface area contributed by atoms with Crippen molar-refractivity contribution in [2.24, 2.45) is 0 Å². The Kier molecular flexibility index (Phi) is 4.71. The van der Waals surface area contributed by atoms with Crippen molar-refractivity contribution in [3.63, 3.8) is 0 Å². The van der Waals surface area contributed by atoms with Crippen molar-refractivity contribution in [2.75, 3.05) is 12.3 Å². The average Bonchev–Trinajstić information content (AvgIpc) is 2.31. The number of nitrogen functional groups attached to an aromatic ring is 1. The van der Waals surface area contributed by atoms with E-state index < -0.39 is 0 Å². The summed E-state index contributed by atoms with van der Waals surface area (Å²) in [6.07, 6.45) is 2.05. The van der Waals surface area contributed by atoms with E-state index >= 15 is 0 Å². The Morgan fingerprint density at radius 1 is 1.59 bits per heavy atom. The number of nitrogens with one attached hydrogen (secondary N) is 1. The first-order chi connectivity index (χ1) is 8.06. The van der Waals surface area contributed by atoms with E-state index in [1.165, 1.54) is 22.9 Å². The number of aromatic nitrogens is 1. The second kappa shape index (κ2) is 6.05. The molecule has 1 atom stereocenters. The van der Waals surface area contributed by atoms with E-state index in [1.54, 1.807) is 0 Å². The highest BCUT2D eigenvalue weighted by Crippen LogP contribution is 1.96. The van der Waals surface area contributed by atoms with E-state index in [9.17, 15) is 9.59 Å². The fourth-order valence-corrected chi connectivity index (χ4v) is 1.38. The molecule has 0 unspecified atom stereocenters. The van der Waals surface area contributed by atoms with Crippen LogP contribution in [0.1, 0.15) is 13.3 Å². The minimum atomic E-state index is -0.321. The number of carbonyl (C=O) groups is 1. The second-order valence-corrected chi connectivity index (χ2v) is 3.78. The molecule has 0 radical (unpaired) electrons. The van der Waals surface area contributed by atoms with Crippen molar-refractivity contribution in [2.45, 2.75) is 25.9 Å². The van der Waals surface area contributed by atoms with Crippen LogP contribution in [0.2, 0.25) is 0 Å². The van der Waals surface area contributed by atoms with Gasteiger partial charge >= 0.3 is 0 Å². The van der Waals surface area contributed by atoms with Crippen LogP contribution >= 0.6 is 0 Å². The molecule has 6 nitrogen and oxygen atoms in total. The molecule has 1 aromatic rings. The van der Waals surface area contributed by atoms with E-state index in [4.69, 9.17) is 10.8 Å². The van der Waals surface area contributed by atoms with Gasteiger partial charge < -0.3 is 20.7 Å². The number of aliphatic hydroxyl groups excluding tert-OH is 1. The third-order valence-electron chi connectivity index (χ3n) is 2.40. The lowest BCUT2D eigenvalue weighted by Crippen LogP contribution is -2.40. The van der Waals surface area contributed by atoms with Crippen LogP contribution < -0.4 is 16.6 Å². The summed E-state index contributed by atoms with van der Waals surface area (Å²) in [6, 6.07) is 2.52. The summed E-state index contributed by atoms with van der Waals surface area (Å²) < 4.78 is 1.23. The van der Waals surface area contributed by atoms with Gasteiger partial charge in [0.15, 0.2) is 0 Å². The van der Waals surface area contributed by atoms with Gasteiger partial charge in [0.05, 0.1) is 12.6 Å². The normalized spacial score (nSPS) is 12.1. The van der Waals surface area contributed by atoms with E-state index in [-0.39, 0.29) is 30.7 Å². The van der Waals surface area contributed by atoms with Gasteiger partial charge in [0.25, 0.3) is 5.56 Å². The second-order valence-electron chi connectivity index (χ2n) is 3.78. The molecule has 6 heteroatoms. The molecule has 1 aromatic heterocycles. The summed E-state index contributed by atoms with van der Waals surface area (Å²) in [5.41, 5.74) is 5.66. The molecule has 0 saturated heterocycles. The van der Waals surface area contributed by atoms with Crippen molar-refractivity contribution in [1.29, 1.82) is 0 Å². The maximum absolute atomic E-state index is 11.6. The first-order valence-electron chi connectivity index (χ1n) is 5.43. The predicted octanol–water partition coefficient (Wildman–Crippen LogP) is -0.682. The van der Waals surface area contributed by atoms with Gasteiger partial charge in [-0.3, -0.25) is 9.59 Å². The van der Waals surface area contributed by atoms with Crippen LogP contribution in [0.3, 0.4) is 0 Å². The fourth-order valence-electron chi connectivity index (χ4n) is 1.38. The summed E-state index contributed by atoms with van der Waals surface area (Å²) >= 11 is 0. The molecule has 17 heavy (non-hydrogen) atoms. The van der Waals surface area contributed by atoms with Crippen molar-refractivity contribution < 1.29 is 9.90 Å². The molecule has 0 aliphatic heterocycles. The third kappa shape index (κ3) is 3.92. The summed E-state index contributed by atoms with van der Waals surface area (Å²) in [4.78, 5) is 23.0. The van der Waals surface area contributed by atoms with Gasteiger partial charge in [-0.25, -0.2) is 0 Å². The maximum atomic E-state index is 11.6. The summed E-state index contributed by atoms with van der Waals surface area (Å²) in [5.74, 6) is -0.321. The molecule has 1 heterocycles. The number of carbonyl (C=O) groups excluding carboxylic acids is 1. The summed E-state index contributed by atoms with van der Waals surface area (Å²) in [7, 11) is 0. The zero-order valence-corrected chi connectivity index (χ0v) is 9.72. The Bertz CT molecular complexity index is 438. The zero-order chi connectivity index (χ0) is 12.8. The van der Waals surface area contributed by atoms with Gasteiger partial charge in [0.1, 0.15) is 6.54 Å². The summed E-state index contributed by atoms with van der Waals surface area (Å²) in [5, 5.41) is 11.6. The smallest absolute Gasteiger partial charge is 0.251 e. The van der Waals surface area contributed by atoms with Crippen LogP contribution in [0.4, 0.5) is 5.69 Å². The van der Waals surface area contributed by atoms with Gasteiger partial charge in [-0.1, -0.05) is 6.92 Å². The van der Waals surface area contributed by atoms with E-state index in [0.29, 0.717) is 12.1 Å². The molecule has 0 bridgehead atoms. The van der Waals surface area contributed by atoms with E-state index in [2.05, 4.69) is 5.32 Å². The third-order valence-corrected chi connectivity index (χ3v) is 2.40. The van der Waals surface area contributed by atoms with Gasteiger partial charge in [0, 0.05) is 18.0 Å². The number of hydrogen-bond acceptors (Lipinski definition) is 4. The first-order valence-corrected chi connectivity index (χ1v) is 5.43. The van der Waals surface area contributed by atoms with E-state index in [1.807, 2.05) is 6.92 Å². The Balaban J connectivity index is 2.68. The Labute approximate surface area is 99.1 Å². The number of nitrogens with zero attached hydrogens (tertiary/aromatic N) is 1. The monoisotopic (exact) mass is 239 g/mol. The number of nitrogens with two attached hydrogens (primary N) is 1. The van der Waals surface area contributed by atoms with Crippen molar-refractivity contribution in [1.82, 2.24) is 9.88 Å². The largest absolute Gasteiger partial charge is 0.398 e. The number of hydrogen-bond donors (Lipinski definition) is 3. The predicted molar refractivity (Wildman–Crippen MR) is 64.4 cm³/mol. The van der Waals surface area contributed by atoms with Crippen LogP contribution in [0.15, 0.2) is 23.1 Å². The minimum Gasteiger partial charge on any atom is -0.398 e. The lowest BCUT2D eigenvalue weighted by Gasteiger charge is -2.14. The van der Waals surface area contributed by atoms with Gasteiger partial charge in [-0.2, -0.15) is 0 Å².